The maximum absolute atomic E-state index is 12.3. The molecule has 4 rings (SSSR count). The van der Waals surface area contributed by atoms with Crippen molar-refractivity contribution in [1.29, 1.82) is 0 Å². The standard InChI is InChI=1S/C17H13BrN4OS2/c1-10-3-2-4-15-20-12(7-22(10)15)6-19-16(23)13-9-25-17(21-13)14-5-11(18)8-24-14/h2-5,7-9H,6H2,1H3,(H,19,23). The molecule has 0 saturated carbocycles. The number of thiazole rings is 1. The van der Waals surface area contributed by atoms with Crippen LogP contribution in [0, 0.1) is 6.92 Å². The van der Waals surface area contributed by atoms with Gasteiger partial charge in [-0.25, -0.2) is 9.97 Å². The molecule has 0 aliphatic heterocycles. The summed E-state index contributed by atoms with van der Waals surface area (Å²) in [5, 5.41) is 7.53. The van der Waals surface area contributed by atoms with Crippen molar-refractivity contribution in [3.05, 3.63) is 62.8 Å². The lowest BCUT2D eigenvalue weighted by atomic mass is 10.4. The molecule has 0 spiro atoms. The van der Waals surface area contributed by atoms with Crippen molar-refractivity contribution in [2.75, 3.05) is 0 Å². The number of hydrogen-bond donors (Lipinski definition) is 1. The number of pyridine rings is 1. The van der Waals surface area contributed by atoms with E-state index in [1.54, 1.807) is 16.7 Å². The first-order chi connectivity index (χ1) is 12.1. The van der Waals surface area contributed by atoms with Gasteiger partial charge in [-0.15, -0.1) is 22.7 Å². The van der Waals surface area contributed by atoms with Crippen molar-refractivity contribution in [3.63, 3.8) is 0 Å². The van der Waals surface area contributed by atoms with Crippen LogP contribution in [0.3, 0.4) is 0 Å². The summed E-state index contributed by atoms with van der Waals surface area (Å²) in [4.78, 5) is 22.3. The lowest BCUT2D eigenvalue weighted by Crippen LogP contribution is -2.23. The molecule has 0 aliphatic rings. The fraction of sp³-hybridized carbons (Fsp3) is 0.118. The third-order valence-corrected chi connectivity index (χ3v) is 6.39. The molecule has 0 aromatic carbocycles. The number of halogens is 1. The molecular formula is C17H13BrN4OS2. The summed E-state index contributed by atoms with van der Waals surface area (Å²) in [7, 11) is 0. The quantitative estimate of drug-likeness (QED) is 0.515. The van der Waals surface area contributed by atoms with E-state index >= 15 is 0 Å². The van der Waals surface area contributed by atoms with Crippen LogP contribution in [-0.4, -0.2) is 20.3 Å². The van der Waals surface area contributed by atoms with Crippen molar-refractivity contribution in [2.24, 2.45) is 0 Å². The van der Waals surface area contributed by atoms with Gasteiger partial charge < -0.3 is 9.72 Å². The first-order valence-electron chi connectivity index (χ1n) is 7.52. The SMILES string of the molecule is Cc1cccc2nc(CNC(=O)c3csc(-c4cc(Br)cs4)n3)cn12. The maximum Gasteiger partial charge on any atom is 0.271 e. The Hall–Kier alpha value is -2.03. The minimum absolute atomic E-state index is 0.188. The Kier molecular flexibility index (Phi) is 4.41. The second-order valence-corrected chi connectivity index (χ2v) is 8.16. The number of carbonyl (C=O) groups excluding carboxylic acids is 1. The summed E-state index contributed by atoms with van der Waals surface area (Å²) in [5.41, 5.74) is 3.24. The highest BCUT2D eigenvalue weighted by Gasteiger charge is 2.13. The number of aromatic nitrogens is 3. The van der Waals surface area contributed by atoms with E-state index in [9.17, 15) is 4.79 Å². The average Bonchev–Trinajstić information content (AvgIpc) is 3.31. The van der Waals surface area contributed by atoms with E-state index < -0.39 is 0 Å². The summed E-state index contributed by atoms with van der Waals surface area (Å²) in [6.45, 7) is 2.40. The summed E-state index contributed by atoms with van der Waals surface area (Å²) in [6, 6.07) is 7.95. The summed E-state index contributed by atoms with van der Waals surface area (Å²) in [5.74, 6) is -0.188. The van der Waals surface area contributed by atoms with Gasteiger partial charge >= 0.3 is 0 Å². The van der Waals surface area contributed by atoms with Gasteiger partial charge in [0.1, 0.15) is 16.3 Å². The minimum atomic E-state index is -0.188. The molecule has 0 radical (unpaired) electrons. The van der Waals surface area contributed by atoms with Gasteiger partial charge in [-0.05, 0) is 41.1 Å². The zero-order valence-electron chi connectivity index (χ0n) is 13.2. The van der Waals surface area contributed by atoms with Crippen LogP contribution in [0.5, 0.6) is 0 Å². The van der Waals surface area contributed by atoms with Crippen molar-refractivity contribution in [2.45, 2.75) is 13.5 Å². The predicted molar refractivity (Wildman–Crippen MR) is 104 cm³/mol. The lowest BCUT2D eigenvalue weighted by molar-refractivity contribution is 0.0946. The van der Waals surface area contributed by atoms with Crippen LogP contribution in [0.1, 0.15) is 21.9 Å². The van der Waals surface area contributed by atoms with Gasteiger partial charge in [0.25, 0.3) is 5.91 Å². The molecular weight excluding hydrogens is 420 g/mol. The molecule has 1 amide bonds. The predicted octanol–water partition coefficient (Wildman–Crippen LogP) is 4.52. The van der Waals surface area contributed by atoms with Gasteiger partial charge in [0.2, 0.25) is 0 Å². The van der Waals surface area contributed by atoms with E-state index in [-0.39, 0.29) is 5.91 Å². The number of hydrogen-bond acceptors (Lipinski definition) is 5. The van der Waals surface area contributed by atoms with E-state index in [1.807, 2.05) is 47.2 Å². The smallest absolute Gasteiger partial charge is 0.271 e. The van der Waals surface area contributed by atoms with E-state index in [2.05, 4.69) is 31.2 Å². The van der Waals surface area contributed by atoms with Gasteiger partial charge in [-0.2, -0.15) is 0 Å². The summed E-state index contributed by atoms with van der Waals surface area (Å²) >= 11 is 6.50. The normalized spacial score (nSPS) is 11.1. The highest BCUT2D eigenvalue weighted by atomic mass is 79.9. The molecule has 0 aliphatic carbocycles. The van der Waals surface area contributed by atoms with Gasteiger partial charge in [-0.3, -0.25) is 4.79 Å². The van der Waals surface area contributed by atoms with Crippen molar-refractivity contribution in [1.82, 2.24) is 19.7 Å². The fourth-order valence-corrected chi connectivity index (χ4v) is 4.77. The van der Waals surface area contributed by atoms with E-state index in [1.165, 1.54) is 11.3 Å². The molecule has 0 saturated heterocycles. The van der Waals surface area contributed by atoms with E-state index in [4.69, 9.17) is 0 Å². The van der Waals surface area contributed by atoms with Gasteiger partial charge in [0.15, 0.2) is 0 Å². The fourth-order valence-electron chi connectivity index (χ4n) is 2.46. The number of nitrogens with zero attached hydrogens (tertiary/aromatic N) is 3. The Morgan fingerprint density at radius 2 is 2.16 bits per heavy atom. The number of rotatable bonds is 4. The number of aryl methyl sites for hydroxylation is 1. The Balaban J connectivity index is 1.46. The van der Waals surface area contributed by atoms with Crippen LogP contribution in [0.25, 0.3) is 15.5 Å². The largest absolute Gasteiger partial charge is 0.345 e. The number of fused-ring (bicyclic) bond motifs is 1. The molecule has 0 unspecified atom stereocenters. The highest BCUT2D eigenvalue weighted by molar-refractivity contribution is 9.10. The number of imidazole rings is 1. The molecule has 4 aromatic heterocycles. The van der Waals surface area contributed by atoms with Gasteiger partial charge in [0, 0.05) is 27.1 Å². The second-order valence-electron chi connectivity index (χ2n) is 5.48. The van der Waals surface area contributed by atoms with Gasteiger partial charge in [0.05, 0.1) is 17.1 Å². The first-order valence-corrected chi connectivity index (χ1v) is 10.1. The molecule has 1 N–H and O–H groups in total. The zero-order chi connectivity index (χ0) is 17.4. The summed E-state index contributed by atoms with van der Waals surface area (Å²) in [6.07, 6.45) is 1.95. The molecule has 126 valence electrons. The zero-order valence-corrected chi connectivity index (χ0v) is 16.4. The molecule has 4 aromatic rings. The van der Waals surface area contributed by atoms with Crippen LogP contribution in [0.15, 0.2) is 45.7 Å². The highest BCUT2D eigenvalue weighted by Crippen LogP contribution is 2.31. The lowest BCUT2D eigenvalue weighted by Gasteiger charge is -1.99. The molecule has 0 fully saturated rings. The van der Waals surface area contributed by atoms with Gasteiger partial charge in [-0.1, -0.05) is 6.07 Å². The third-order valence-electron chi connectivity index (χ3n) is 3.69. The maximum atomic E-state index is 12.3. The van der Waals surface area contributed by atoms with Crippen LogP contribution in [0.2, 0.25) is 0 Å². The van der Waals surface area contributed by atoms with E-state index in [0.29, 0.717) is 12.2 Å². The Bertz CT molecular complexity index is 1070. The molecule has 25 heavy (non-hydrogen) atoms. The summed E-state index contributed by atoms with van der Waals surface area (Å²) < 4.78 is 3.03. The average molecular weight is 433 g/mol. The molecule has 5 nitrogen and oxygen atoms in total. The first kappa shape index (κ1) is 16.4. The van der Waals surface area contributed by atoms with Crippen LogP contribution in [0.4, 0.5) is 0 Å². The van der Waals surface area contributed by atoms with Crippen molar-refractivity contribution < 1.29 is 4.79 Å². The second kappa shape index (κ2) is 6.70. The Morgan fingerprint density at radius 3 is 2.92 bits per heavy atom. The Labute approximate surface area is 160 Å². The van der Waals surface area contributed by atoms with Crippen molar-refractivity contribution >= 4 is 50.2 Å². The van der Waals surface area contributed by atoms with Crippen LogP contribution >= 0.6 is 38.6 Å². The third kappa shape index (κ3) is 3.37. The van der Waals surface area contributed by atoms with Crippen molar-refractivity contribution in [3.8, 4) is 9.88 Å². The molecule has 8 heteroatoms. The minimum Gasteiger partial charge on any atom is -0.345 e. The molecule has 4 heterocycles. The topological polar surface area (TPSA) is 59.3 Å². The number of carbonyl (C=O) groups is 1. The van der Waals surface area contributed by atoms with Crippen LogP contribution < -0.4 is 5.32 Å². The van der Waals surface area contributed by atoms with E-state index in [0.717, 1.165) is 31.4 Å². The number of nitrogens with one attached hydrogen (secondary N) is 1. The number of amides is 1. The Morgan fingerprint density at radius 1 is 1.28 bits per heavy atom. The van der Waals surface area contributed by atoms with Crippen LogP contribution in [-0.2, 0) is 6.54 Å². The monoisotopic (exact) mass is 432 g/mol. The molecule has 0 atom stereocenters. The number of thiophene rings is 1. The molecule has 0 bridgehead atoms.